The Labute approximate surface area is 114 Å². The number of aromatic nitrogens is 2. The standard InChI is InChI=1S/C14H13FN2O3/c1-3-20-14(19)13-12(18)6-7-17(16-13)10-4-5-11(15)9(2)8-10/h4-8H,3H2,1-2H3. The number of hydrogen-bond acceptors (Lipinski definition) is 4. The predicted octanol–water partition coefficient (Wildman–Crippen LogP) is 1.86. The number of carbonyl (C=O) groups excluding carboxylic acids is 1. The number of nitrogens with zero attached hydrogens (tertiary/aromatic N) is 2. The molecule has 0 unspecified atom stereocenters. The van der Waals surface area contributed by atoms with Gasteiger partial charge in [-0.1, -0.05) is 0 Å². The second-order valence-electron chi connectivity index (χ2n) is 4.13. The molecule has 0 radical (unpaired) electrons. The van der Waals surface area contributed by atoms with E-state index in [1.807, 2.05) is 0 Å². The third kappa shape index (κ3) is 2.74. The maximum absolute atomic E-state index is 13.2. The molecule has 5 nitrogen and oxygen atoms in total. The van der Waals surface area contributed by atoms with E-state index in [0.29, 0.717) is 11.3 Å². The quantitative estimate of drug-likeness (QED) is 0.803. The minimum absolute atomic E-state index is 0.157. The molecule has 0 saturated heterocycles. The second kappa shape index (κ2) is 5.64. The van der Waals surface area contributed by atoms with Crippen LogP contribution in [-0.4, -0.2) is 22.4 Å². The van der Waals surface area contributed by atoms with Crippen molar-refractivity contribution in [3.8, 4) is 5.69 Å². The fourth-order valence-electron chi connectivity index (χ4n) is 1.66. The summed E-state index contributed by atoms with van der Waals surface area (Å²) in [6, 6.07) is 5.60. The average Bonchev–Trinajstić information content (AvgIpc) is 2.42. The summed E-state index contributed by atoms with van der Waals surface area (Å²) in [6.45, 7) is 3.42. The zero-order valence-electron chi connectivity index (χ0n) is 11.1. The van der Waals surface area contributed by atoms with Crippen LogP contribution in [0, 0.1) is 12.7 Å². The van der Waals surface area contributed by atoms with E-state index in [1.165, 1.54) is 29.1 Å². The third-order valence-electron chi connectivity index (χ3n) is 2.68. The molecule has 6 heteroatoms. The van der Waals surface area contributed by atoms with E-state index in [4.69, 9.17) is 4.74 Å². The van der Waals surface area contributed by atoms with Crippen LogP contribution < -0.4 is 5.43 Å². The van der Waals surface area contributed by atoms with Crippen molar-refractivity contribution in [3.63, 3.8) is 0 Å². The van der Waals surface area contributed by atoms with Crippen LogP contribution in [0.25, 0.3) is 5.69 Å². The molecule has 104 valence electrons. The molecule has 0 fully saturated rings. The molecule has 2 aromatic rings. The largest absolute Gasteiger partial charge is 0.461 e. The van der Waals surface area contributed by atoms with Gasteiger partial charge in [0.05, 0.1) is 12.3 Å². The summed E-state index contributed by atoms with van der Waals surface area (Å²) in [5.74, 6) is -1.11. The Morgan fingerprint density at radius 1 is 1.40 bits per heavy atom. The number of esters is 1. The Morgan fingerprint density at radius 2 is 2.15 bits per heavy atom. The fraction of sp³-hybridized carbons (Fsp3) is 0.214. The minimum atomic E-state index is -0.773. The molecular formula is C14H13FN2O3. The highest BCUT2D eigenvalue weighted by Crippen LogP contribution is 2.12. The predicted molar refractivity (Wildman–Crippen MR) is 70.5 cm³/mol. The summed E-state index contributed by atoms with van der Waals surface area (Å²) in [4.78, 5) is 23.2. The van der Waals surface area contributed by atoms with Crippen LogP contribution in [0.1, 0.15) is 23.0 Å². The highest BCUT2D eigenvalue weighted by Gasteiger charge is 2.14. The maximum atomic E-state index is 13.2. The molecule has 0 saturated carbocycles. The molecule has 0 spiro atoms. The van der Waals surface area contributed by atoms with Gasteiger partial charge in [-0.05, 0) is 37.6 Å². The van der Waals surface area contributed by atoms with E-state index >= 15 is 0 Å². The van der Waals surface area contributed by atoms with Gasteiger partial charge in [-0.2, -0.15) is 5.10 Å². The Bertz CT molecular complexity index is 710. The number of halogens is 1. The van der Waals surface area contributed by atoms with E-state index in [1.54, 1.807) is 19.9 Å². The van der Waals surface area contributed by atoms with Gasteiger partial charge in [0.15, 0.2) is 0 Å². The van der Waals surface area contributed by atoms with Crippen molar-refractivity contribution < 1.29 is 13.9 Å². The normalized spacial score (nSPS) is 10.3. The van der Waals surface area contributed by atoms with Crippen molar-refractivity contribution >= 4 is 5.97 Å². The molecular weight excluding hydrogens is 263 g/mol. The first-order valence-electron chi connectivity index (χ1n) is 6.06. The molecule has 0 atom stereocenters. The zero-order chi connectivity index (χ0) is 14.7. The van der Waals surface area contributed by atoms with Crippen molar-refractivity contribution in [2.45, 2.75) is 13.8 Å². The number of ether oxygens (including phenoxy) is 1. The molecule has 0 bridgehead atoms. The van der Waals surface area contributed by atoms with Gasteiger partial charge in [0, 0.05) is 12.3 Å². The molecule has 20 heavy (non-hydrogen) atoms. The van der Waals surface area contributed by atoms with Crippen molar-refractivity contribution in [3.05, 3.63) is 57.8 Å². The molecule has 1 heterocycles. The van der Waals surface area contributed by atoms with Gasteiger partial charge in [0.25, 0.3) is 0 Å². The van der Waals surface area contributed by atoms with E-state index in [-0.39, 0.29) is 18.1 Å². The summed E-state index contributed by atoms with van der Waals surface area (Å²) in [7, 11) is 0. The Morgan fingerprint density at radius 3 is 2.80 bits per heavy atom. The number of rotatable bonds is 3. The van der Waals surface area contributed by atoms with Crippen LogP contribution in [0.5, 0.6) is 0 Å². The van der Waals surface area contributed by atoms with E-state index < -0.39 is 11.4 Å². The third-order valence-corrected chi connectivity index (χ3v) is 2.68. The summed E-state index contributed by atoms with van der Waals surface area (Å²) < 4.78 is 19.3. The topological polar surface area (TPSA) is 61.2 Å². The van der Waals surface area contributed by atoms with E-state index in [9.17, 15) is 14.0 Å². The van der Waals surface area contributed by atoms with Gasteiger partial charge in [-0.25, -0.2) is 13.9 Å². The van der Waals surface area contributed by atoms with E-state index in [2.05, 4.69) is 5.10 Å². The first kappa shape index (κ1) is 13.9. The highest BCUT2D eigenvalue weighted by molar-refractivity contribution is 5.86. The lowest BCUT2D eigenvalue weighted by atomic mass is 10.2. The average molecular weight is 276 g/mol. The van der Waals surface area contributed by atoms with Crippen molar-refractivity contribution in [2.75, 3.05) is 6.61 Å². The lowest BCUT2D eigenvalue weighted by Gasteiger charge is -2.08. The lowest BCUT2D eigenvalue weighted by Crippen LogP contribution is -2.22. The summed E-state index contributed by atoms with van der Waals surface area (Å²) in [5, 5.41) is 3.94. The molecule has 0 aliphatic rings. The SMILES string of the molecule is CCOC(=O)c1nn(-c2ccc(F)c(C)c2)ccc1=O. The number of aryl methyl sites for hydroxylation is 1. The van der Waals surface area contributed by atoms with Gasteiger partial charge >= 0.3 is 5.97 Å². The van der Waals surface area contributed by atoms with Crippen LogP contribution in [0.4, 0.5) is 4.39 Å². The summed E-state index contributed by atoms with van der Waals surface area (Å²) in [6.07, 6.45) is 1.41. The van der Waals surface area contributed by atoms with Gasteiger partial charge in [-0.3, -0.25) is 4.79 Å². The first-order chi connectivity index (χ1) is 9.52. The molecule has 0 amide bonds. The molecule has 1 aromatic carbocycles. The molecule has 0 aliphatic carbocycles. The summed E-state index contributed by atoms with van der Waals surface area (Å²) >= 11 is 0. The van der Waals surface area contributed by atoms with Gasteiger partial charge in [-0.15, -0.1) is 0 Å². The van der Waals surface area contributed by atoms with Crippen LogP contribution in [0.15, 0.2) is 35.3 Å². The second-order valence-corrected chi connectivity index (χ2v) is 4.13. The molecule has 0 N–H and O–H groups in total. The maximum Gasteiger partial charge on any atom is 0.362 e. The van der Waals surface area contributed by atoms with Crippen molar-refractivity contribution in [1.29, 1.82) is 0 Å². The highest BCUT2D eigenvalue weighted by atomic mass is 19.1. The van der Waals surface area contributed by atoms with Gasteiger partial charge < -0.3 is 4.74 Å². The van der Waals surface area contributed by atoms with Crippen LogP contribution in [0.2, 0.25) is 0 Å². The van der Waals surface area contributed by atoms with Gasteiger partial charge in [0.2, 0.25) is 11.1 Å². The molecule has 2 rings (SSSR count). The van der Waals surface area contributed by atoms with Crippen LogP contribution in [-0.2, 0) is 4.74 Å². The Balaban J connectivity index is 2.48. The zero-order valence-corrected chi connectivity index (χ0v) is 11.1. The Kier molecular flexibility index (Phi) is 3.93. The van der Waals surface area contributed by atoms with Crippen LogP contribution in [0.3, 0.4) is 0 Å². The fourth-order valence-corrected chi connectivity index (χ4v) is 1.66. The first-order valence-corrected chi connectivity index (χ1v) is 6.06. The van der Waals surface area contributed by atoms with Crippen LogP contribution >= 0.6 is 0 Å². The van der Waals surface area contributed by atoms with Gasteiger partial charge in [0.1, 0.15) is 5.82 Å². The number of hydrogen-bond donors (Lipinski definition) is 0. The lowest BCUT2D eigenvalue weighted by molar-refractivity contribution is 0.0515. The molecule has 1 aromatic heterocycles. The van der Waals surface area contributed by atoms with Crippen molar-refractivity contribution in [1.82, 2.24) is 9.78 Å². The summed E-state index contributed by atoms with van der Waals surface area (Å²) in [5.41, 5.74) is 0.185. The van der Waals surface area contributed by atoms with Crippen molar-refractivity contribution in [2.24, 2.45) is 0 Å². The van der Waals surface area contributed by atoms with E-state index in [0.717, 1.165) is 0 Å². The minimum Gasteiger partial charge on any atom is -0.461 e. The number of benzene rings is 1. The Hall–Kier alpha value is -2.50. The smallest absolute Gasteiger partial charge is 0.362 e. The molecule has 0 aliphatic heterocycles. The monoisotopic (exact) mass is 276 g/mol. The number of carbonyl (C=O) groups is 1.